The first kappa shape index (κ1) is 16.5. The summed E-state index contributed by atoms with van der Waals surface area (Å²) in [5.41, 5.74) is 4.58. The van der Waals surface area contributed by atoms with Gasteiger partial charge in [-0.25, -0.2) is 0 Å². The molecular weight excluding hydrogens is 292 g/mol. The molecule has 0 saturated heterocycles. The highest BCUT2D eigenvalue weighted by molar-refractivity contribution is 5.51. The van der Waals surface area contributed by atoms with E-state index < -0.39 is 0 Å². The zero-order chi connectivity index (χ0) is 17.0. The fraction of sp³-hybridized carbons (Fsp3) is 0.217. The Bertz CT molecular complexity index is 719. The molecule has 0 fully saturated rings. The van der Waals surface area contributed by atoms with Crippen LogP contribution in [0.5, 0.6) is 0 Å². The van der Waals surface area contributed by atoms with Crippen LogP contribution in [-0.2, 0) is 12.0 Å². The van der Waals surface area contributed by atoms with Gasteiger partial charge >= 0.3 is 0 Å². The number of benzene rings is 3. The van der Waals surface area contributed by atoms with E-state index in [1.54, 1.807) is 0 Å². The molecule has 0 aliphatic rings. The standard InChI is InChI=1S/C23H24O/c1-18(2)23(20-9-5-3-6-10-20,21-11-7-4-8-12-21)22-15-13-19(17-24)14-16-22/h3-16,18,24H,17H2,1-2H3. The number of hydrogen-bond donors (Lipinski definition) is 1. The molecule has 3 rings (SSSR count). The van der Waals surface area contributed by atoms with Gasteiger partial charge in [0.05, 0.1) is 6.61 Å². The number of aliphatic hydroxyl groups excluding tert-OH is 1. The predicted octanol–water partition coefficient (Wildman–Crippen LogP) is 5.17. The van der Waals surface area contributed by atoms with E-state index in [2.05, 4.69) is 86.6 Å². The highest BCUT2D eigenvalue weighted by atomic mass is 16.3. The summed E-state index contributed by atoms with van der Waals surface area (Å²) in [7, 11) is 0. The predicted molar refractivity (Wildman–Crippen MR) is 100.0 cm³/mol. The maximum Gasteiger partial charge on any atom is 0.0681 e. The smallest absolute Gasteiger partial charge is 0.0681 e. The third-order valence-electron chi connectivity index (χ3n) is 4.92. The van der Waals surface area contributed by atoms with Crippen molar-refractivity contribution in [3.05, 3.63) is 107 Å². The van der Waals surface area contributed by atoms with Crippen molar-refractivity contribution in [2.24, 2.45) is 5.92 Å². The molecule has 0 aliphatic heterocycles. The summed E-state index contributed by atoms with van der Waals surface area (Å²) in [6, 6.07) is 29.8. The van der Waals surface area contributed by atoms with Crippen LogP contribution in [0, 0.1) is 5.92 Å². The first-order chi connectivity index (χ1) is 11.7. The molecule has 1 nitrogen and oxygen atoms in total. The maximum absolute atomic E-state index is 9.37. The molecule has 0 aromatic heterocycles. The van der Waals surface area contributed by atoms with Crippen LogP contribution in [0.4, 0.5) is 0 Å². The lowest BCUT2D eigenvalue weighted by Crippen LogP contribution is -2.35. The van der Waals surface area contributed by atoms with Gasteiger partial charge in [0.25, 0.3) is 0 Å². The van der Waals surface area contributed by atoms with E-state index in [0.29, 0.717) is 5.92 Å². The zero-order valence-corrected chi connectivity index (χ0v) is 14.3. The van der Waals surface area contributed by atoms with Crippen molar-refractivity contribution >= 4 is 0 Å². The van der Waals surface area contributed by atoms with E-state index in [9.17, 15) is 5.11 Å². The number of aliphatic hydroxyl groups is 1. The van der Waals surface area contributed by atoms with Crippen LogP contribution in [0.2, 0.25) is 0 Å². The number of hydrogen-bond acceptors (Lipinski definition) is 1. The molecule has 1 heteroatoms. The third-order valence-corrected chi connectivity index (χ3v) is 4.92. The van der Waals surface area contributed by atoms with Gasteiger partial charge in [0.1, 0.15) is 0 Å². The molecular formula is C23H24O. The van der Waals surface area contributed by atoms with Gasteiger partial charge in [-0.2, -0.15) is 0 Å². The summed E-state index contributed by atoms with van der Waals surface area (Å²) in [4.78, 5) is 0. The van der Waals surface area contributed by atoms with Crippen LogP contribution in [0.3, 0.4) is 0 Å². The molecule has 0 bridgehead atoms. The van der Waals surface area contributed by atoms with Crippen molar-refractivity contribution < 1.29 is 5.11 Å². The molecule has 0 atom stereocenters. The number of rotatable bonds is 5. The average molecular weight is 316 g/mol. The van der Waals surface area contributed by atoms with E-state index in [4.69, 9.17) is 0 Å². The first-order valence-corrected chi connectivity index (χ1v) is 8.51. The molecule has 0 unspecified atom stereocenters. The molecule has 3 aromatic carbocycles. The van der Waals surface area contributed by atoms with E-state index in [-0.39, 0.29) is 12.0 Å². The second-order valence-corrected chi connectivity index (χ2v) is 6.55. The summed E-state index contributed by atoms with van der Waals surface area (Å²) < 4.78 is 0. The molecule has 24 heavy (non-hydrogen) atoms. The van der Waals surface area contributed by atoms with Crippen molar-refractivity contribution in [2.45, 2.75) is 25.9 Å². The summed E-state index contributed by atoms with van der Waals surface area (Å²) in [6.07, 6.45) is 0. The maximum atomic E-state index is 9.37. The molecule has 1 N–H and O–H groups in total. The van der Waals surface area contributed by atoms with Crippen molar-refractivity contribution in [3.8, 4) is 0 Å². The van der Waals surface area contributed by atoms with Crippen LogP contribution >= 0.6 is 0 Å². The van der Waals surface area contributed by atoms with E-state index in [0.717, 1.165) is 5.56 Å². The van der Waals surface area contributed by atoms with Crippen LogP contribution < -0.4 is 0 Å². The van der Waals surface area contributed by atoms with E-state index in [1.165, 1.54) is 16.7 Å². The highest BCUT2D eigenvalue weighted by Gasteiger charge is 2.39. The molecule has 0 amide bonds. The fourth-order valence-electron chi connectivity index (χ4n) is 3.78. The Kier molecular flexibility index (Phi) is 4.82. The normalized spacial score (nSPS) is 11.7. The minimum atomic E-state index is -0.212. The second-order valence-electron chi connectivity index (χ2n) is 6.55. The van der Waals surface area contributed by atoms with Gasteiger partial charge in [0.2, 0.25) is 0 Å². The van der Waals surface area contributed by atoms with Crippen molar-refractivity contribution in [1.29, 1.82) is 0 Å². The first-order valence-electron chi connectivity index (χ1n) is 8.51. The zero-order valence-electron chi connectivity index (χ0n) is 14.3. The quantitative estimate of drug-likeness (QED) is 0.644. The van der Waals surface area contributed by atoms with Gasteiger partial charge in [0.15, 0.2) is 0 Å². The summed E-state index contributed by atoms with van der Waals surface area (Å²) >= 11 is 0. The van der Waals surface area contributed by atoms with Gasteiger partial charge in [0, 0.05) is 5.41 Å². The minimum absolute atomic E-state index is 0.0750. The average Bonchev–Trinajstić information content (AvgIpc) is 2.64. The largest absolute Gasteiger partial charge is 0.392 e. The van der Waals surface area contributed by atoms with Crippen LogP contribution in [0.25, 0.3) is 0 Å². The van der Waals surface area contributed by atoms with Crippen molar-refractivity contribution in [1.82, 2.24) is 0 Å². The van der Waals surface area contributed by atoms with Crippen LogP contribution in [-0.4, -0.2) is 5.11 Å². The van der Waals surface area contributed by atoms with Gasteiger partial charge in [-0.1, -0.05) is 98.8 Å². The van der Waals surface area contributed by atoms with Gasteiger partial charge < -0.3 is 5.11 Å². The fourth-order valence-corrected chi connectivity index (χ4v) is 3.78. The molecule has 0 heterocycles. The van der Waals surface area contributed by atoms with Crippen LogP contribution in [0.15, 0.2) is 84.9 Å². The van der Waals surface area contributed by atoms with E-state index in [1.807, 2.05) is 12.1 Å². The molecule has 122 valence electrons. The monoisotopic (exact) mass is 316 g/mol. The Labute approximate surface area is 144 Å². The minimum Gasteiger partial charge on any atom is -0.392 e. The van der Waals surface area contributed by atoms with Gasteiger partial charge in [-0.15, -0.1) is 0 Å². The summed E-state index contributed by atoms with van der Waals surface area (Å²) in [5.74, 6) is 0.377. The third kappa shape index (κ3) is 2.76. The SMILES string of the molecule is CC(C)C(c1ccccc1)(c1ccccc1)c1ccc(CO)cc1. The Morgan fingerprint density at radius 3 is 1.46 bits per heavy atom. The Hall–Kier alpha value is -2.38. The lowest BCUT2D eigenvalue weighted by atomic mass is 9.63. The molecule has 0 radical (unpaired) electrons. The molecule has 0 saturated carbocycles. The topological polar surface area (TPSA) is 20.2 Å². The molecule has 3 aromatic rings. The second kappa shape index (κ2) is 7.02. The molecule has 0 spiro atoms. The lowest BCUT2D eigenvalue weighted by Gasteiger charge is -2.40. The van der Waals surface area contributed by atoms with Gasteiger partial charge in [-0.3, -0.25) is 0 Å². The van der Waals surface area contributed by atoms with Crippen molar-refractivity contribution in [3.63, 3.8) is 0 Å². The Morgan fingerprint density at radius 2 is 1.08 bits per heavy atom. The summed E-state index contributed by atoms with van der Waals surface area (Å²) in [5, 5.41) is 9.37. The summed E-state index contributed by atoms with van der Waals surface area (Å²) in [6.45, 7) is 4.63. The Balaban J connectivity index is 2.30. The van der Waals surface area contributed by atoms with Gasteiger partial charge in [-0.05, 0) is 28.2 Å². The highest BCUT2D eigenvalue weighted by Crippen LogP contribution is 2.45. The van der Waals surface area contributed by atoms with Crippen molar-refractivity contribution in [2.75, 3.05) is 0 Å². The lowest BCUT2D eigenvalue weighted by molar-refractivity contribution is 0.281. The Morgan fingerprint density at radius 1 is 0.667 bits per heavy atom. The van der Waals surface area contributed by atoms with Crippen LogP contribution in [0.1, 0.15) is 36.1 Å². The van der Waals surface area contributed by atoms with E-state index >= 15 is 0 Å². The molecule has 0 aliphatic carbocycles.